The van der Waals surface area contributed by atoms with Crippen LogP contribution >= 0.6 is 0 Å². The molecule has 1 aliphatic carbocycles. The molecule has 0 saturated heterocycles. The normalized spacial score (nSPS) is 15.2. The maximum atomic E-state index is 12.8. The molecule has 8 nitrogen and oxygen atoms in total. The molecule has 146 valence electrons. The van der Waals surface area contributed by atoms with Gasteiger partial charge < -0.3 is 20.3 Å². The van der Waals surface area contributed by atoms with E-state index in [1.165, 1.54) is 0 Å². The molecule has 0 radical (unpaired) electrons. The Hall–Kier alpha value is -3.25. The molecule has 3 rings (SSSR count). The lowest BCUT2D eigenvalue weighted by molar-refractivity contribution is -0.147. The van der Waals surface area contributed by atoms with E-state index in [9.17, 15) is 10.3 Å². The van der Waals surface area contributed by atoms with Crippen molar-refractivity contribution < 1.29 is 19.1 Å². The highest BCUT2D eigenvalue weighted by Crippen LogP contribution is 2.24. The zero-order valence-electron chi connectivity index (χ0n) is 15.7. The molecule has 1 unspecified atom stereocenters. The number of carbonyl (C=O) groups excluding carboxylic acids is 1. The van der Waals surface area contributed by atoms with Gasteiger partial charge in [0.2, 0.25) is 5.95 Å². The van der Waals surface area contributed by atoms with Crippen molar-refractivity contribution in [1.82, 2.24) is 9.97 Å². The molecule has 1 aliphatic rings. The number of carbonyl (C=O) groups is 1. The SMILES string of the molecule is COc1ccc(C(Nc2ncccn2)C(=[N+]=[N-])C(=O)OC2CCCCC2)cc1. The summed E-state index contributed by atoms with van der Waals surface area (Å²) < 4.78 is 10.8. The minimum absolute atomic E-state index is 0.150. The number of nitrogens with zero attached hydrogens (tertiary/aromatic N) is 4. The fraction of sp³-hybridized carbons (Fsp3) is 0.400. The maximum absolute atomic E-state index is 12.8. The number of esters is 1. The summed E-state index contributed by atoms with van der Waals surface area (Å²) in [5.74, 6) is 0.319. The van der Waals surface area contributed by atoms with Gasteiger partial charge in [-0.15, -0.1) is 0 Å². The summed E-state index contributed by atoms with van der Waals surface area (Å²) >= 11 is 0. The molecule has 1 fully saturated rings. The number of nitrogens with one attached hydrogen (secondary N) is 1. The Bertz CT molecular complexity index is 829. The van der Waals surface area contributed by atoms with E-state index in [1.807, 2.05) is 0 Å². The van der Waals surface area contributed by atoms with Gasteiger partial charge in [-0.05, 0) is 49.4 Å². The standard InChI is InChI=1S/C20H23N5O3/c1-27-15-10-8-14(9-11-15)17(24-20-22-12-5-13-23-20)18(25-21)19(26)28-16-6-3-2-4-7-16/h5,8-13,16-17H,2-4,6-7H2,1H3,(H,22,23,24). The largest absolute Gasteiger partial charge is 0.497 e. The molecule has 0 amide bonds. The number of rotatable bonds is 7. The number of methoxy groups -OCH3 is 1. The van der Waals surface area contributed by atoms with Gasteiger partial charge in [-0.1, -0.05) is 18.6 Å². The van der Waals surface area contributed by atoms with Gasteiger partial charge in [0.1, 0.15) is 11.9 Å². The molecule has 1 aromatic carbocycles. The molecule has 28 heavy (non-hydrogen) atoms. The van der Waals surface area contributed by atoms with Crippen molar-refractivity contribution >= 4 is 17.6 Å². The third kappa shape index (κ3) is 4.92. The molecule has 1 aromatic heterocycles. The van der Waals surface area contributed by atoms with E-state index in [2.05, 4.69) is 20.1 Å². The van der Waals surface area contributed by atoms with E-state index >= 15 is 0 Å². The van der Waals surface area contributed by atoms with Crippen LogP contribution < -0.4 is 10.1 Å². The highest BCUT2D eigenvalue weighted by Gasteiger charge is 2.36. The second kappa shape index (κ2) is 9.62. The van der Waals surface area contributed by atoms with Crippen molar-refractivity contribution in [3.8, 4) is 5.75 Å². The average Bonchev–Trinajstić information content (AvgIpc) is 2.75. The van der Waals surface area contributed by atoms with Gasteiger partial charge in [-0.2, -0.15) is 4.79 Å². The minimum atomic E-state index is -0.783. The zero-order valence-corrected chi connectivity index (χ0v) is 15.7. The first-order valence-electron chi connectivity index (χ1n) is 9.31. The minimum Gasteiger partial charge on any atom is -0.497 e. The molecular formula is C20H23N5O3. The summed E-state index contributed by atoms with van der Waals surface area (Å²) in [5, 5.41) is 3.05. The Morgan fingerprint density at radius 1 is 1.18 bits per heavy atom. The monoisotopic (exact) mass is 381 g/mol. The summed E-state index contributed by atoms with van der Waals surface area (Å²) in [6.45, 7) is 0. The van der Waals surface area contributed by atoms with Crippen molar-refractivity contribution in [2.24, 2.45) is 0 Å². The van der Waals surface area contributed by atoms with Gasteiger partial charge in [0.05, 0.1) is 7.11 Å². The maximum Gasteiger partial charge on any atom is 0.419 e. The molecule has 1 heterocycles. The number of hydrogen-bond acceptors (Lipinski definition) is 6. The predicted octanol–water partition coefficient (Wildman–Crippen LogP) is 3.19. The average molecular weight is 381 g/mol. The summed E-state index contributed by atoms with van der Waals surface area (Å²) in [7, 11) is 1.57. The molecule has 0 bridgehead atoms. The zero-order chi connectivity index (χ0) is 19.8. The van der Waals surface area contributed by atoms with Crippen molar-refractivity contribution in [2.75, 3.05) is 12.4 Å². The van der Waals surface area contributed by atoms with Crippen molar-refractivity contribution in [1.29, 1.82) is 0 Å². The first kappa shape index (κ1) is 19.5. The van der Waals surface area contributed by atoms with Crippen molar-refractivity contribution in [2.45, 2.75) is 44.2 Å². The lowest BCUT2D eigenvalue weighted by Gasteiger charge is -2.22. The van der Waals surface area contributed by atoms with Crippen LogP contribution in [-0.2, 0) is 9.53 Å². The molecular weight excluding hydrogens is 358 g/mol. The van der Waals surface area contributed by atoms with Crippen LogP contribution in [0.4, 0.5) is 5.95 Å². The second-order valence-corrected chi connectivity index (χ2v) is 6.57. The van der Waals surface area contributed by atoms with Crippen LogP contribution in [0.3, 0.4) is 0 Å². The van der Waals surface area contributed by atoms with Gasteiger partial charge >= 0.3 is 11.7 Å². The summed E-state index contributed by atoms with van der Waals surface area (Å²) in [4.78, 5) is 24.3. The molecule has 0 aliphatic heterocycles. The molecule has 1 N–H and O–H groups in total. The highest BCUT2D eigenvalue weighted by molar-refractivity contribution is 6.36. The van der Waals surface area contributed by atoms with Crippen LogP contribution in [0.25, 0.3) is 5.53 Å². The van der Waals surface area contributed by atoms with E-state index < -0.39 is 12.0 Å². The van der Waals surface area contributed by atoms with Crippen LogP contribution in [0, 0.1) is 0 Å². The lowest BCUT2D eigenvalue weighted by atomic mass is 9.97. The fourth-order valence-electron chi connectivity index (χ4n) is 3.22. The molecule has 0 spiro atoms. The highest BCUT2D eigenvalue weighted by atomic mass is 16.5. The number of ether oxygens (including phenoxy) is 2. The van der Waals surface area contributed by atoms with Gasteiger partial charge in [0.15, 0.2) is 6.04 Å². The van der Waals surface area contributed by atoms with Gasteiger partial charge in [0, 0.05) is 12.4 Å². The summed E-state index contributed by atoms with van der Waals surface area (Å²) in [6.07, 6.45) is 7.87. The lowest BCUT2D eigenvalue weighted by Crippen LogP contribution is -2.34. The summed E-state index contributed by atoms with van der Waals surface area (Å²) in [6, 6.07) is 7.98. The van der Waals surface area contributed by atoms with Crippen LogP contribution in [0.1, 0.15) is 43.7 Å². The predicted molar refractivity (Wildman–Crippen MR) is 103 cm³/mol. The Kier molecular flexibility index (Phi) is 6.70. The number of hydrogen-bond donors (Lipinski definition) is 1. The molecule has 1 saturated carbocycles. The van der Waals surface area contributed by atoms with Crippen LogP contribution in [0.5, 0.6) is 5.75 Å². The third-order valence-corrected chi connectivity index (χ3v) is 4.70. The van der Waals surface area contributed by atoms with Gasteiger partial charge in [-0.3, -0.25) is 0 Å². The number of anilines is 1. The van der Waals surface area contributed by atoms with E-state index in [-0.39, 0.29) is 11.8 Å². The van der Waals surface area contributed by atoms with Crippen molar-refractivity contribution in [3.63, 3.8) is 0 Å². The molecule has 1 atom stereocenters. The Morgan fingerprint density at radius 2 is 1.86 bits per heavy atom. The Balaban J connectivity index is 1.86. The molecule has 2 aromatic rings. The van der Waals surface area contributed by atoms with Crippen LogP contribution in [0.2, 0.25) is 0 Å². The van der Waals surface area contributed by atoms with Crippen LogP contribution in [0.15, 0.2) is 42.7 Å². The quantitative estimate of drug-likeness (QED) is 0.341. The van der Waals surface area contributed by atoms with E-state index in [4.69, 9.17) is 9.47 Å². The van der Waals surface area contributed by atoms with Crippen LogP contribution in [-0.4, -0.2) is 39.7 Å². The van der Waals surface area contributed by atoms with Crippen molar-refractivity contribution in [3.05, 3.63) is 53.8 Å². The van der Waals surface area contributed by atoms with Gasteiger partial charge in [-0.25, -0.2) is 14.8 Å². The second-order valence-electron chi connectivity index (χ2n) is 6.57. The first-order valence-corrected chi connectivity index (χ1v) is 9.31. The topological polar surface area (TPSA) is 110 Å². The van der Waals surface area contributed by atoms with E-state index in [0.717, 1.165) is 32.1 Å². The third-order valence-electron chi connectivity index (χ3n) is 4.70. The Morgan fingerprint density at radius 3 is 2.46 bits per heavy atom. The molecule has 8 heteroatoms. The number of aromatic nitrogens is 2. The summed E-state index contributed by atoms with van der Waals surface area (Å²) in [5.41, 5.74) is 10.2. The smallest absolute Gasteiger partial charge is 0.419 e. The van der Waals surface area contributed by atoms with Gasteiger partial charge in [0.25, 0.3) is 0 Å². The number of benzene rings is 1. The fourth-order valence-corrected chi connectivity index (χ4v) is 3.22. The van der Waals surface area contributed by atoms with E-state index in [0.29, 0.717) is 17.3 Å². The first-order chi connectivity index (χ1) is 13.7. The van der Waals surface area contributed by atoms with E-state index in [1.54, 1.807) is 49.8 Å². The Labute approximate surface area is 163 Å².